The minimum atomic E-state index is -0.373. The molecule has 0 aliphatic carbocycles. The molecule has 0 saturated carbocycles. The Bertz CT molecular complexity index is 451. The van der Waals surface area contributed by atoms with E-state index in [2.05, 4.69) is 11.8 Å². The number of ether oxygens (including phenoxy) is 3. The van der Waals surface area contributed by atoms with Gasteiger partial charge in [-0.3, -0.25) is 0 Å². The first-order valence-corrected chi connectivity index (χ1v) is 6.36. The van der Waals surface area contributed by atoms with Crippen LogP contribution in [0.25, 0.3) is 0 Å². The highest BCUT2D eigenvalue weighted by molar-refractivity contribution is 5.46. The highest BCUT2D eigenvalue weighted by Crippen LogP contribution is 2.18. The van der Waals surface area contributed by atoms with Crippen LogP contribution in [0.3, 0.4) is 0 Å². The lowest BCUT2D eigenvalue weighted by molar-refractivity contribution is 0.0544. The summed E-state index contributed by atoms with van der Waals surface area (Å²) in [5.41, 5.74) is 0.468. The Morgan fingerprint density at radius 1 is 1.20 bits per heavy atom. The van der Waals surface area contributed by atoms with Gasteiger partial charge in [0.25, 0.3) is 0 Å². The molecule has 0 bridgehead atoms. The van der Waals surface area contributed by atoms with Crippen molar-refractivity contribution in [1.29, 1.82) is 0 Å². The predicted octanol–water partition coefficient (Wildman–Crippen LogP) is 1.60. The van der Waals surface area contributed by atoms with Crippen LogP contribution in [-0.4, -0.2) is 45.3 Å². The summed E-state index contributed by atoms with van der Waals surface area (Å²) in [7, 11) is 1.61. The van der Waals surface area contributed by atoms with Crippen LogP contribution in [0.2, 0.25) is 0 Å². The Labute approximate surface area is 118 Å². The van der Waals surface area contributed by atoms with Crippen LogP contribution in [0.1, 0.15) is 12.0 Å². The summed E-state index contributed by atoms with van der Waals surface area (Å²) in [5, 5.41) is 8.68. The first-order chi connectivity index (χ1) is 9.77. The smallest absolute Gasteiger partial charge is 0.135 e. The third-order valence-electron chi connectivity index (χ3n) is 2.32. The fraction of sp³-hybridized carbons (Fsp3) is 0.467. The number of halogens is 1. The van der Waals surface area contributed by atoms with Gasteiger partial charge in [-0.25, -0.2) is 4.39 Å². The monoisotopic (exact) mass is 282 g/mol. The second-order valence-corrected chi connectivity index (χ2v) is 3.87. The van der Waals surface area contributed by atoms with E-state index in [0.717, 1.165) is 0 Å². The highest BCUT2D eigenvalue weighted by atomic mass is 19.1. The molecular formula is C15H19FO4. The lowest BCUT2D eigenvalue weighted by Crippen LogP contribution is -2.10. The van der Waals surface area contributed by atoms with Gasteiger partial charge in [0.1, 0.15) is 18.2 Å². The Hall–Kier alpha value is -1.61. The first kappa shape index (κ1) is 16.4. The zero-order valence-electron chi connectivity index (χ0n) is 11.5. The van der Waals surface area contributed by atoms with Crippen LogP contribution >= 0.6 is 0 Å². The predicted molar refractivity (Wildman–Crippen MR) is 73.2 cm³/mol. The zero-order chi connectivity index (χ0) is 14.6. The van der Waals surface area contributed by atoms with E-state index in [4.69, 9.17) is 19.3 Å². The Morgan fingerprint density at radius 2 is 2.00 bits per heavy atom. The molecule has 0 unspecified atom stereocenters. The molecule has 1 rings (SSSR count). The minimum Gasteiger partial charge on any atom is -0.490 e. The lowest BCUT2D eigenvalue weighted by atomic mass is 10.2. The van der Waals surface area contributed by atoms with Gasteiger partial charge in [-0.1, -0.05) is 11.8 Å². The molecule has 4 nitrogen and oxygen atoms in total. The van der Waals surface area contributed by atoms with Crippen molar-refractivity contribution in [2.24, 2.45) is 0 Å². The summed E-state index contributed by atoms with van der Waals surface area (Å²) in [5.74, 6) is 5.66. The molecule has 5 heteroatoms. The molecule has 1 N–H and O–H groups in total. The molecule has 0 aromatic heterocycles. The van der Waals surface area contributed by atoms with Crippen LogP contribution in [0, 0.1) is 17.7 Å². The molecule has 1 aromatic carbocycles. The number of rotatable bonds is 8. The van der Waals surface area contributed by atoms with Gasteiger partial charge in [-0.2, -0.15) is 0 Å². The Morgan fingerprint density at radius 3 is 2.75 bits per heavy atom. The van der Waals surface area contributed by atoms with Crippen molar-refractivity contribution in [1.82, 2.24) is 0 Å². The SMILES string of the molecule is COCCOCCOc1ccc(F)cc1C#CCCO. The topological polar surface area (TPSA) is 47.9 Å². The summed E-state index contributed by atoms with van der Waals surface area (Å²) >= 11 is 0. The van der Waals surface area contributed by atoms with Crippen molar-refractivity contribution in [2.75, 3.05) is 40.1 Å². The minimum absolute atomic E-state index is 0.0220. The lowest BCUT2D eigenvalue weighted by Gasteiger charge is -2.09. The molecule has 0 aliphatic heterocycles. The summed E-state index contributed by atoms with van der Waals surface area (Å²) in [6, 6.07) is 4.16. The van der Waals surface area contributed by atoms with Crippen LogP contribution in [0.15, 0.2) is 18.2 Å². The average molecular weight is 282 g/mol. The van der Waals surface area contributed by atoms with Crippen LogP contribution in [0.5, 0.6) is 5.75 Å². The van der Waals surface area contributed by atoms with Gasteiger partial charge in [-0.05, 0) is 18.2 Å². The number of benzene rings is 1. The van der Waals surface area contributed by atoms with Crippen molar-refractivity contribution in [3.05, 3.63) is 29.6 Å². The van der Waals surface area contributed by atoms with Gasteiger partial charge in [-0.15, -0.1) is 0 Å². The number of hydrogen-bond donors (Lipinski definition) is 1. The quantitative estimate of drug-likeness (QED) is 0.581. The zero-order valence-corrected chi connectivity index (χ0v) is 11.5. The van der Waals surface area contributed by atoms with Crippen LogP contribution in [-0.2, 0) is 9.47 Å². The largest absolute Gasteiger partial charge is 0.490 e. The molecule has 0 aliphatic rings. The fourth-order valence-corrected chi connectivity index (χ4v) is 1.39. The third kappa shape index (κ3) is 6.53. The molecule has 0 amide bonds. The van der Waals surface area contributed by atoms with Gasteiger partial charge in [0.15, 0.2) is 0 Å². The molecule has 0 spiro atoms. The molecule has 110 valence electrons. The molecule has 20 heavy (non-hydrogen) atoms. The summed E-state index contributed by atoms with van der Waals surface area (Å²) < 4.78 is 28.8. The molecule has 0 saturated heterocycles. The van der Waals surface area contributed by atoms with E-state index >= 15 is 0 Å². The second-order valence-electron chi connectivity index (χ2n) is 3.87. The number of aliphatic hydroxyl groups excluding tert-OH is 1. The Balaban J connectivity index is 2.50. The van der Waals surface area contributed by atoms with E-state index in [1.54, 1.807) is 7.11 Å². The maximum atomic E-state index is 13.2. The molecule has 0 fully saturated rings. The van der Waals surface area contributed by atoms with E-state index in [9.17, 15) is 4.39 Å². The summed E-state index contributed by atoms with van der Waals surface area (Å²) in [4.78, 5) is 0. The van der Waals surface area contributed by atoms with E-state index in [-0.39, 0.29) is 12.4 Å². The van der Waals surface area contributed by atoms with Crippen molar-refractivity contribution in [2.45, 2.75) is 6.42 Å². The third-order valence-corrected chi connectivity index (χ3v) is 2.32. The van der Waals surface area contributed by atoms with Crippen LogP contribution < -0.4 is 4.74 Å². The molecule has 0 radical (unpaired) electrons. The maximum Gasteiger partial charge on any atom is 0.135 e. The molecule has 1 aromatic rings. The van der Waals surface area contributed by atoms with Gasteiger partial charge in [0.2, 0.25) is 0 Å². The number of hydrogen-bond acceptors (Lipinski definition) is 4. The summed E-state index contributed by atoms with van der Waals surface area (Å²) in [6.45, 7) is 1.79. The molecular weight excluding hydrogens is 263 g/mol. The number of methoxy groups -OCH3 is 1. The fourth-order valence-electron chi connectivity index (χ4n) is 1.39. The van der Waals surface area contributed by atoms with E-state index < -0.39 is 0 Å². The van der Waals surface area contributed by atoms with Gasteiger partial charge in [0, 0.05) is 13.5 Å². The van der Waals surface area contributed by atoms with Crippen molar-refractivity contribution in [3.63, 3.8) is 0 Å². The van der Waals surface area contributed by atoms with Gasteiger partial charge >= 0.3 is 0 Å². The second kappa shape index (κ2) is 10.2. The standard InChI is InChI=1S/C15H19FO4/c1-18-8-9-19-10-11-20-15-6-5-14(16)12-13(15)4-2-3-7-17/h5-6,12,17H,3,7-11H2,1H3. The van der Waals surface area contributed by atoms with Crippen molar-refractivity contribution >= 4 is 0 Å². The van der Waals surface area contributed by atoms with Crippen LogP contribution in [0.4, 0.5) is 4.39 Å². The average Bonchev–Trinajstić information content (AvgIpc) is 2.45. The van der Waals surface area contributed by atoms with E-state index in [0.29, 0.717) is 44.2 Å². The van der Waals surface area contributed by atoms with Crippen molar-refractivity contribution < 1.29 is 23.7 Å². The first-order valence-electron chi connectivity index (χ1n) is 6.36. The van der Waals surface area contributed by atoms with Gasteiger partial charge in [0.05, 0.1) is 32.0 Å². The highest BCUT2D eigenvalue weighted by Gasteiger charge is 2.03. The molecule has 0 atom stereocenters. The summed E-state index contributed by atoms with van der Waals surface area (Å²) in [6.07, 6.45) is 0.343. The Kier molecular flexibility index (Phi) is 8.40. The number of aliphatic hydroxyl groups is 1. The molecule has 0 heterocycles. The maximum absolute atomic E-state index is 13.2. The normalized spacial score (nSPS) is 9.95. The van der Waals surface area contributed by atoms with E-state index in [1.807, 2.05) is 0 Å². The van der Waals surface area contributed by atoms with Crippen molar-refractivity contribution in [3.8, 4) is 17.6 Å². The van der Waals surface area contributed by atoms with E-state index in [1.165, 1.54) is 18.2 Å². The van der Waals surface area contributed by atoms with Gasteiger partial charge < -0.3 is 19.3 Å².